The van der Waals surface area contributed by atoms with E-state index in [1.807, 2.05) is 19.1 Å². The molecule has 4 aromatic carbocycles. The zero-order chi connectivity index (χ0) is 44.8. The van der Waals surface area contributed by atoms with Crippen LogP contribution in [0, 0.1) is 24.5 Å². The van der Waals surface area contributed by atoms with Crippen LogP contribution in [0.1, 0.15) is 51.8 Å². The van der Waals surface area contributed by atoms with Gasteiger partial charge in [0.25, 0.3) is 18.3 Å². The van der Waals surface area contributed by atoms with Gasteiger partial charge in [0.2, 0.25) is 5.91 Å². The van der Waals surface area contributed by atoms with E-state index in [1.165, 1.54) is 28.5 Å². The van der Waals surface area contributed by atoms with Gasteiger partial charge in [-0.25, -0.2) is 17.6 Å². The Morgan fingerprint density at radius 1 is 1.02 bits per heavy atom. The first kappa shape index (κ1) is 44.5. The lowest BCUT2D eigenvalue weighted by molar-refractivity contribution is -0.122. The SMILES string of the molecule is C=Nc1cc(-c2ccc(Cl)c(C)c2)ccc1C(=O)N(CC(Cc1cc(F)cc(F)c1)NC(=O)Cn1nc(C(F)F)c2c1C(F)(F)C(C)C2)c1ccc(Cl)c2c(NSC)nn(C)c12. The van der Waals surface area contributed by atoms with Crippen molar-refractivity contribution in [2.24, 2.45) is 18.0 Å². The van der Waals surface area contributed by atoms with E-state index in [0.29, 0.717) is 38.1 Å². The number of anilines is 2. The van der Waals surface area contributed by atoms with Gasteiger partial charge in [-0.15, -0.1) is 0 Å². The molecule has 6 aromatic rings. The predicted molar refractivity (Wildman–Crippen MR) is 231 cm³/mol. The summed E-state index contributed by atoms with van der Waals surface area (Å²) >= 11 is 14.3. The Labute approximate surface area is 366 Å². The number of carbonyl (C=O) groups excluding carboxylic acids is 2. The number of alkyl halides is 4. The highest BCUT2D eigenvalue weighted by Crippen LogP contribution is 2.48. The molecule has 2 unspecified atom stereocenters. The number of benzene rings is 4. The molecular weight excluding hydrogens is 877 g/mol. The van der Waals surface area contributed by atoms with Crippen LogP contribution < -0.4 is 14.9 Å². The molecule has 0 saturated heterocycles. The van der Waals surface area contributed by atoms with Crippen LogP contribution in [-0.4, -0.2) is 56.9 Å². The van der Waals surface area contributed by atoms with E-state index < -0.39 is 72.2 Å². The molecule has 1 aliphatic carbocycles. The molecule has 0 radical (unpaired) electrons. The van der Waals surface area contributed by atoms with Crippen LogP contribution in [0.15, 0.2) is 71.7 Å². The lowest BCUT2D eigenvalue weighted by Crippen LogP contribution is -2.48. The summed E-state index contributed by atoms with van der Waals surface area (Å²) in [4.78, 5) is 34.6. The number of hydrogen-bond acceptors (Lipinski definition) is 7. The highest BCUT2D eigenvalue weighted by atomic mass is 35.5. The number of aliphatic imine (C=N–C) groups is 1. The first-order chi connectivity index (χ1) is 29.4. The highest BCUT2D eigenvalue weighted by molar-refractivity contribution is 7.99. The molecule has 0 bridgehead atoms. The molecule has 0 aliphatic heterocycles. The third kappa shape index (κ3) is 8.62. The van der Waals surface area contributed by atoms with Crippen LogP contribution in [-0.2, 0) is 37.2 Å². The molecular formula is C43H38Cl2F6N8O2S. The average molecular weight is 916 g/mol. The Balaban J connectivity index is 1.34. The number of aromatic nitrogens is 4. The first-order valence-corrected chi connectivity index (χ1v) is 21.0. The van der Waals surface area contributed by atoms with Crippen LogP contribution >= 0.6 is 35.1 Å². The zero-order valence-electron chi connectivity index (χ0n) is 33.6. The number of halogens is 8. The highest BCUT2D eigenvalue weighted by Gasteiger charge is 2.51. The summed E-state index contributed by atoms with van der Waals surface area (Å²) in [6, 6.07) is 15.1. The Bertz CT molecular complexity index is 2720. The second kappa shape index (κ2) is 17.7. The third-order valence-corrected chi connectivity index (χ3v) is 11.9. The summed E-state index contributed by atoms with van der Waals surface area (Å²) in [7, 11) is 1.64. The quantitative estimate of drug-likeness (QED) is 0.0640. The number of fused-ring (bicyclic) bond motifs is 2. The number of nitrogens with one attached hydrogen (secondary N) is 2. The van der Waals surface area contributed by atoms with Crippen LogP contribution in [0.3, 0.4) is 0 Å². The van der Waals surface area contributed by atoms with Gasteiger partial charge in [-0.1, -0.05) is 54.2 Å². The summed E-state index contributed by atoms with van der Waals surface area (Å²) < 4.78 is 93.3. The van der Waals surface area contributed by atoms with E-state index in [0.717, 1.165) is 23.3 Å². The molecule has 2 amide bonds. The molecule has 19 heteroatoms. The fourth-order valence-electron chi connectivity index (χ4n) is 7.88. The van der Waals surface area contributed by atoms with Crippen molar-refractivity contribution in [1.82, 2.24) is 24.9 Å². The summed E-state index contributed by atoms with van der Waals surface area (Å²) in [6.45, 7) is 5.47. The Hall–Kier alpha value is -5.52. The van der Waals surface area contributed by atoms with Gasteiger partial charge in [0.15, 0.2) is 5.82 Å². The Morgan fingerprint density at radius 3 is 2.35 bits per heavy atom. The minimum absolute atomic E-state index is 0.0739. The maximum absolute atomic E-state index is 15.4. The average Bonchev–Trinajstić information content (AvgIpc) is 3.82. The van der Waals surface area contributed by atoms with Crippen LogP contribution in [0.5, 0.6) is 0 Å². The van der Waals surface area contributed by atoms with Gasteiger partial charge in [-0.2, -0.15) is 19.0 Å². The lowest BCUT2D eigenvalue weighted by atomic mass is 9.99. The molecule has 62 heavy (non-hydrogen) atoms. The Kier molecular flexibility index (Phi) is 12.7. The fraction of sp³-hybridized carbons (Fsp3) is 0.279. The second-order valence-corrected chi connectivity index (χ2v) is 16.4. The zero-order valence-corrected chi connectivity index (χ0v) is 35.9. The molecule has 7 rings (SSSR count). The molecule has 0 spiro atoms. The summed E-state index contributed by atoms with van der Waals surface area (Å²) in [5.41, 5.74) is 1.32. The molecule has 0 saturated carbocycles. The van der Waals surface area contributed by atoms with Crippen molar-refractivity contribution in [3.63, 3.8) is 0 Å². The van der Waals surface area contributed by atoms with Crippen molar-refractivity contribution in [3.05, 3.63) is 122 Å². The van der Waals surface area contributed by atoms with Gasteiger partial charge in [0.1, 0.15) is 29.6 Å². The van der Waals surface area contributed by atoms with E-state index in [9.17, 15) is 22.4 Å². The maximum Gasteiger partial charge on any atom is 0.292 e. The minimum Gasteiger partial charge on any atom is -0.350 e. The molecule has 2 N–H and O–H groups in total. The number of nitrogens with zero attached hydrogens (tertiary/aromatic N) is 6. The van der Waals surface area contributed by atoms with Crippen LogP contribution in [0.25, 0.3) is 22.0 Å². The second-order valence-electron chi connectivity index (χ2n) is 15.0. The monoisotopic (exact) mass is 914 g/mol. The molecule has 2 aromatic heterocycles. The van der Waals surface area contributed by atoms with Crippen molar-refractivity contribution in [1.29, 1.82) is 0 Å². The lowest BCUT2D eigenvalue weighted by Gasteiger charge is -2.30. The number of amides is 2. The molecule has 10 nitrogen and oxygen atoms in total. The molecule has 1 aliphatic rings. The van der Waals surface area contributed by atoms with Gasteiger partial charge in [0.05, 0.1) is 38.9 Å². The number of hydrogen-bond donors (Lipinski definition) is 2. The van der Waals surface area contributed by atoms with Crippen LogP contribution in [0.2, 0.25) is 10.0 Å². The van der Waals surface area contributed by atoms with Crippen molar-refractivity contribution >= 4 is 81.8 Å². The van der Waals surface area contributed by atoms with Crippen molar-refractivity contribution in [2.75, 3.05) is 22.4 Å². The van der Waals surface area contributed by atoms with Gasteiger partial charge in [-0.3, -0.25) is 23.9 Å². The number of aryl methyl sites for hydroxylation is 2. The van der Waals surface area contributed by atoms with Crippen molar-refractivity contribution in [3.8, 4) is 11.1 Å². The van der Waals surface area contributed by atoms with E-state index in [-0.39, 0.29) is 45.9 Å². The fourth-order valence-corrected chi connectivity index (χ4v) is 8.58. The van der Waals surface area contributed by atoms with E-state index in [2.05, 4.69) is 31.9 Å². The molecule has 0 fully saturated rings. The van der Waals surface area contributed by atoms with E-state index in [1.54, 1.807) is 49.7 Å². The molecule has 2 heterocycles. The smallest absolute Gasteiger partial charge is 0.292 e. The maximum atomic E-state index is 15.4. The van der Waals surface area contributed by atoms with Gasteiger partial charge in [0, 0.05) is 42.4 Å². The number of rotatable bonds is 14. The molecule has 2 atom stereocenters. The normalized spacial score (nSPS) is 14.9. The largest absolute Gasteiger partial charge is 0.350 e. The first-order valence-electron chi connectivity index (χ1n) is 19.0. The van der Waals surface area contributed by atoms with Crippen molar-refractivity contribution < 1.29 is 35.9 Å². The minimum atomic E-state index is -3.57. The predicted octanol–water partition coefficient (Wildman–Crippen LogP) is 10.6. The van der Waals surface area contributed by atoms with Crippen LogP contribution in [0.4, 0.5) is 43.5 Å². The van der Waals surface area contributed by atoms with E-state index in [4.69, 9.17) is 23.2 Å². The topological polar surface area (TPSA) is 109 Å². The summed E-state index contributed by atoms with van der Waals surface area (Å²) in [5.74, 6) is -7.95. The summed E-state index contributed by atoms with van der Waals surface area (Å²) in [5, 5.41) is 12.3. The van der Waals surface area contributed by atoms with E-state index >= 15 is 13.6 Å². The summed E-state index contributed by atoms with van der Waals surface area (Å²) in [6.07, 6.45) is -2.06. The van der Waals surface area contributed by atoms with Gasteiger partial charge < -0.3 is 14.9 Å². The molecule has 324 valence electrons. The standard InChI is InChI=1S/C43H38Cl2F6N8O2S/c1-21-12-24(7-9-31(21)44)25-6-8-29(33(17-25)52-3)42(61)58(34-11-10-32(45)36-38(34)57(4)55-41(36)56-62-5)19-28(16-23-14-26(46)18-27(47)15-23)53-35(60)20-59-39-30(37(54-59)40(48)49)13-22(2)43(39,50)51/h6-12,14-15,17-18,22,28,40H,3,13,16,19-20H2,1-2,4-5H3,(H,53,60)(H,55,56). The van der Waals surface area contributed by atoms with Crippen molar-refractivity contribution in [2.45, 2.75) is 51.6 Å². The van der Waals surface area contributed by atoms with Gasteiger partial charge >= 0.3 is 0 Å². The van der Waals surface area contributed by atoms with Gasteiger partial charge in [-0.05, 0) is 97.3 Å². The number of carbonyl (C=O) groups is 2. The Morgan fingerprint density at radius 2 is 1.69 bits per heavy atom. The third-order valence-electron chi connectivity index (χ3n) is 10.7.